The quantitative estimate of drug-likeness (QED) is 0.635. The Morgan fingerprint density at radius 2 is 2.12 bits per heavy atom. The van der Waals surface area contributed by atoms with Crippen LogP contribution in [-0.4, -0.2) is 24.1 Å². The minimum Gasteiger partial charge on any atom is -0.493 e. The predicted octanol–water partition coefficient (Wildman–Crippen LogP) is 2.29. The number of fused-ring (bicyclic) bond motifs is 1. The predicted molar refractivity (Wildman–Crippen MR) is 63.5 cm³/mol. The van der Waals surface area contributed by atoms with Crippen LogP contribution in [0.25, 0.3) is 0 Å². The molecule has 3 nitrogen and oxygen atoms in total. The smallest absolute Gasteiger partial charge is 0.220 e. The van der Waals surface area contributed by atoms with Crippen molar-refractivity contribution < 1.29 is 9.53 Å². The van der Waals surface area contributed by atoms with Gasteiger partial charge in [-0.25, -0.2) is 0 Å². The Hall–Kier alpha value is -1.38. The van der Waals surface area contributed by atoms with Crippen LogP contribution >= 0.6 is 0 Å². The van der Waals surface area contributed by atoms with E-state index in [1.807, 2.05) is 0 Å². The molecule has 3 heteroatoms. The summed E-state index contributed by atoms with van der Waals surface area (Å²) < 4.78 is 5.04. The maximum atomic E-state index is 11.7. The molecule has 0 amide bonds. The normalized spacial score (nSPS) is 27.6. The lowest BCUT2D eigenvalue weighted by Gasteiger charge is -2.33. The summed E-state index contributed by atoms with van der Waals surface area (Å²) in [5.74, 6) is 0.705. The van der Waals surface area contributed by atoms with Crippen LogP contribution in [0.1, 0.15) is 27.2 Å². The molecule has 1 unspecified atom stereocenters. The molecule has 0 saturated carbocycles. The van der Waals surface area contributed by atoms with Gasteiger partial charge in [-0.15, -0.1) is 0 Å². The van der Waals surface area contributed by atoms with E-state index >= 15 is 0 Å². The zero-order valence-electron chi connectivity index (χ0n) is 10.2. The van der Waals surface area contributed by atoms with Crippen molar-refractivity contribution in [3.8, 4) is 0 Å². The minimum absolute atomic E-state index is 0.0528. The number of rotatable bonds is 1. The van der Waals surface area contributed by atoms with Crippen LogP contribution in [0.5, 0.6) is 0 Å². The van der Waals surface area contributed by atoms with E-state index in [-0.39, 0.29) is 11.3 Å². The van der Waals surface area contributed by atoms with Gasteiger partial charge >= 0.3 is 0 Å². The van der Waals surface area contributed by atoms with Gasteiger partial charge in [0.1, 0.15) is 0 Å². The zero-order chi connectivity index (χ0) is 11.9. The first kappa shape index (κ1) is 11.1. The highest BCUT2D eigenvalue weighted by atomic mass is 16.5. The number of hydrogen-bond acceptors (Lipinski definition) is 3. The molecule has 1 aliphatic heterocycles. The Labute approximate surface area is 95.9 Å². The fraction of sp³-hybridized carbons (Fsp3) is 0.538. The van der Waals surface area contributed by atoms with Gasteiger partial charge in [-0.2, -0.15) is 0 Å². The number of allylic oxidation sites excluding steroid dienone is 3. The number of carbonyl (C=O) groups is 1. The second kappa shape index (κ2) is 3.58. The number of hydrogen-bond donors (Lipinski definition) is 0. The summed E-state index contributed by atoms with van der Waals surface area (Å²) in [6.45, 7) is 6.37. The van der Waals surface area contributed by atoms with Gasteiger partial charge in [0.2, 0.25) is 5.78 Å². The average Bonchev–Trinajstić information content (AvgIpc) is 2.17. The van der Waals surface area contributed by atoms with Crippen LogP contribution in [-0.2, 0) is 9.53 Å². The van der Waals surface area contributed by atoms with Gasteiger partial charge in [-0.1, -0.05) is 6.92 Å². The third-order valence-corrected chi connectivity index (χ3v) is 3.07. The van der Waals surface area contributed by atoms with Gasteiger partial charge < -0.3 is 4.74 Å². The minimum atomic E-state index is -0.0537. The topological polar surface area (TPSA) is 38.7 Å². The molecule has 0 bridgehead atoms. The number of aliphatic imine (C=N–C) groups is 1. The molecule has 86 valence electrons. The Balaban J connectivity index is 2.47. The first-order valence-electron chi connectivity index (χ1n) is 5.55. The van der Waals surface area contributed by atoms with Gasteiger partial charge in [-0.05, 0) is 37.8 Å². The van der Waals surface area contributed by atoms with E-state index in [9.17, 15) is 4.79 Å². The number of carbonyl (C=O) groups excluding carboxylic acids is 1. The molecular weight excluding hydrogens is 202 g/mol. The lowest BCUT2D eigenvalue weighted by Crippen LogP contribution is -2.32. The molecule has 16 heavy (non-hydrogen) atoms. The molecule has 0 fully saturated rings. The summed E-state index contributed by atoms with van der Waals surface area (Å²) in [7, 11) is 1.51. The second-order valence-corrected chi connectivity index (χ2v) is 5.09. The van der Waals surface area contributed by atoms with Gasteiger partial charge in [0.25, 0.3) is 0 Å². The van der Waals surface area contributed by atoms with E-state index in [2.05, 4.69) is 25.8 Å². The highest BCUT2D eigenvalue weighted by molar-refractivity contribution is 6.21. The van der Waals surface area contributed by atoms with Crippen molar-refractivity contribution >= 4 is 11.5 Å². The Morgan fingerprint density at radius 1 is 1.44 bits per heavy atom. The van der Waals surface area contributed by atoms with Gasteiger partial charge in [0.15, 0.2) is 5.76 Å². The fourth-order valence-electron chi connectivity index (χ4n) is 2.45. The van der Waals surface area contributed by atoms with Crippen LogP contribution in [0, 0.1) is 5.92 Å². The van der Waals surface area contributed by atoms with Crippen LogP contribution in [0.4, 0.5) is 0 Å². The Bertz CT molecular complexity index is 427. The van der Waals surface area contributed by atoms with E-state index < -0.39 is 0 Å². The third-order valence-electron chi connectivity index (χ3n) is 3.07. The van der Waals surface area contributed by atoms with Crippen LogP contribution in [0.2, 0.25) is 0 Å². The van der Waals surface area contributed by atoms with Crippen LogP contribution in [0.3, 0.4) is 0 Å². The molecule has 0 radical (unpaired) electrons. The van der Waals surface area contributed by atoms with Crippen molar-refractivity contribution in [2.75, 3.05) is 7.11 Å². The number of methoxy groups -OCH3 is 1. The van der Waals surface area contributed by atoms with E-state index in [1.54, 1.807) is 12.2 Å². The summed E-state index contributed by atoms with van der Waals surface area (Å²) in [5.41, 5.74) is 1.90. The summed E-state index contributed by atoms with van der Waals surface area (Å²) in [5, 5.41) is 0. The molecule has 0 saturated heterocycles. The Kier molecular flexibility index (Phi) is 2.49. The lowest BCUT2D eigenvalue weighted by molar-refractivity contribution is -0.114. The number of nitrogens with zero attached hydrogens (tertiary/aromatic N) is 1. The summed E-state index contributed by atoms with van der Waals surface area (Å²) in [4.78, 5) is 16.3. The van der Waals surface area contributed by atoms with Gasteiger partial charge in [0.05, 0.1) is 18.4 Å². The molecule has 0 aromatic rings. The highest BCUT2D eigenvalue weighted by Crippen LogP contribution is 2.34. The monoisotopic (exact) mass is 219 g/mol. The zero-order valence-corrected chi connectivity index (χ0v) is 10.2. The van der Waals surface area contributed by atoms with Gasteiger partial charge in [0, 0.05) is 6.08 Å². The standard InChI is InChI=1S/C13H17NO2/c1-8-7-13(2,3)14-10-6-12(16-4)11(15)5-9(8)10/h5-6,8H,7H2,1-4H3. The van der Waals surface area contributed by atoms with Crippen molar-refractivity contribution in [1.29, 1.82) is 0 Å². The van der Waals surface area contributed by atoms with Crippen molar-refractivity contribution in [3.63, 3.8) is 0 Å². The van der Waals surface area contributed by atoms with E-state index in [0.29, 0.717) is 11.7 Å². The summed E-state index contributed by atoms with van der Waals surface area (Å²) >= 11 is 0. The SMILES string of the molecule is COC1=CC2=NC(C)(C)CC(C)C2=CC1=O. The molecule has 2 rings (SSSR count). The van der Waals surface area contributed by atoms with E-state index in [0.717, 1.165) is 17.7 Å². The maximum absolute atomic E-state index is 11.7. The first-order valence-corrected chi connectivity index (χ1v) is 5.55. The lowest BCUT2D eigenvalue weighted by atomic mass is 9.79. The molecule has 2 aliphatic rings. The average molecular weight is 219 g/mol. The number of ether oxygens (including phenoxy) is 1. The fourth-order valence-corrected chi connectivity index (χ4v) is 2.45. The molecule has 1 atom stereocenters. The van der Waals surface area contributed by atoms with Crippen molar-refractivity contribution in [3.05, 3.63) is 23.5 Å². The van der Waals surface area contributed by atoms with Crippen molar-refractivity contribution in [1.82, 2.24) is 0 Å². The first-order chi connectivity index (χ1) is 7.43. The third kappa shape index (κ3) is 1.82. The molecule has 0 N–H and O–H groups in total. The molecule has 0 spiro atoms. The molecule has 1 aliphatic carbocycles. The number of ketones is 1. The maximum Gasteiger partial charge on any atom is 0.220 e. The molecule has 0 aromatic carbocycles. The Morgan fingerprint density at radius 3 is 2.75 bits per heavy atom. The highest BCUT2D eigenvalue weighted by Gasteiger charge is 2.32. The molecule has 0 aromatic heterocycles. The summed E-state index contributed by atoms with van der Waals surface area (Å²) in [6, 6.07) is 0. The van der Waals surface area contributed by atoms with E-state index in [1.165, 1.54) is 7.11 Å². The van der Waals surface area contributed by atoms with Gasteiger partial charge in [-0.3, -0.25) is 9.79 Å². The van der Waals surface area contributed by atoms with Crippen molar-refractivity contribution in [2.45, 2.75) is 32.7 Å². The second-order valence-electron chi connectivity index (χ2n) is 5.09. The van der Waals surface area contributed by atoms with E-state index in [4.69, 9.17) is 4.74 Å². The summed E-state index contributed by atoms with van der Waals surface area (Å²) in [6.07, 6.45) is 4.40. The molecule has 1 heterocycles. The van der Waals surface area contributed by atoms with Crippen LogP contribution < -0.4 is 0 Å². The van der Waals surface area contributed by atoms with Crippen molar-refractivity contribution in [2.24, 2.45) is 10.9 Å². The molecular formula is C13H17NO2. The largest absolute Gasteiger partial charge is 0.493 e. The van der Waals surface area contributed by atoms with Crippen LogP contribution in [0.15, 0.2) is 28.5 Å².